The zero-order valence-corrected chi connectivity index (χ0v) is 15.0. The first-order valence-electron chi connectivity index (χ1n) is 8.35. The van der Waals surface area contributed by atoms with Crippen molar-refractivity contribution in [3.63, 3.8) is 0 Å². The third-order valence-electron chi connectivity index (χ3n) is 3.78. The Hall–Kier alpha value is -0.180. The number of rotatable bonds is 15. The molecule has 0 amide bonds. The van der Waals surface area contributed by atoms with Gasteiger partial charge in [-0.2, -0.15) is 0 Å². The second kappa shape index (κ2) is 13.5. The molecule has 126 valence electrons. The van der Waals surface area contributed by atoms with Gasteiger partial charge in [0.2, 0.25) is 5.52 Å². The van der Waals surface area contributed by atoms with Crippen LogP contribution in [0.2, 0.25) is 0 Å². The summed E-state index contributed by atoms with van der Waals surface area (Å²) in [4.78, 5) is 11.7. The fourth-order valence-corrected chi connectivity index (χ4v) is 3.34. The molecular weight excluding hydrogens is 287 g/mol. The van der Waals surface area contributed by atoms with Gasteiger partial charge in [0.05, 0.1) is 0 Å². The van der Waals surface area contributed by atoms with E-state index in [4.69, 9.17) is 0 Å². The summed E-state index contributed by atoms with van der Waals surface area (Å²) in [6, 6.07) is 0. The maximum absolute atomic E-state index is 11.8. The van der Waals surface area contributed by atoms with Gasteiger partial charge in [0.15, 0.2) is 0 Å². The number of hydrogen-bond donors (Lipinski definition) is 0. The molecule has 0 bridgehead atoms. The van der Waals surface area contributed by atoms with Gasteiger partial charge in [-0.1, -0.05) is 71.1 Å². The van der Waals surface area contributed by atoms with Crippen LogP contribution in [0.5, 0.6) is 0 Å². The van der Waals surface area contributed by atoms with E-state index in [-0.39, 0.29) is 6.42 Å². The van der Waals surface area contributed by atoms with Crippen LogP contribution in [-0.2, 0) is 18.4 Å². The van der Waals surface area contributed by atoms with E-state index in [1.807, 2.05) is 0 Å². The van der Waals surface area contributed by atoms with Gasteiger partial charge in [0.25, 0.3) is 0 Å². The highest BCUT2D eigenvalue weighted by Crippen LogP contribution is 2.48. The Balaban J connectivity index is 3.40. The van der Waals surface area contributed by atoms with E-state index in [9.17, 15) is 9.36 Å². The predicted octanol–water partition coefficient (Wildman–Crippen LogP) is 5.70. The minimum absolute atomic E-state index is 0.288. The first kappa shape index (κ1) is 20.8. The topological polar surface area (TPSA) is 52.6 Å². The van der Waals surface area contributed by atoms with Crippen LogP contribution in [0.1, 0.15) is 84.0 Å². The molecule has 0 N–H and O–H groups in total. The Morgan fingerprint density at radius 3 is 1.52 bits per heavy atom. The Bertz CT molecular complexity index is 297. The lowest BCUT2D eigenvalue weighted by atomic mass is 10.1. The maximum Gasteiger partial charge on any atom is 0.396 e. The summed E-state index contributed by atoms with van der Waals surface area (Å²) in [7, 11) is -0.986. The second-order valence-corrected chi connectivity index (χ2v) is 7.77. The van der Waals surface area contributed by atoms with E-state index >= 15 is 0 Å². The highest BCUT2D eigenvalue weighted by atomic mass is 31.2. The van der Waals surface area contributed by atoms with Gasteiger partial charge in [-0.3, -0.25) is 9.36 Å². The number of carbonyl (C=O) groups is 1. The van der Waals surface area contributed by atoms with Gasteiger partial charge in [0.1, 0.15) is 0 Å². The van der Waals surface area contributed by atoms with Gasteiger partial charge in [-0.05, 0) is 6.42 Å². The molecule has 0 saturated carbocycles. The van der Waals surface area contributed by atoms with Gasteiger partial charge in [0, 0.05) is 20.6 Å². The Morgan fingerprint density at radius 1 is 0.762 bits per heavy atom. The average Bonchev–Trinajstić information content (AvgIpc) is 2.51. The normalized spacial score (nSPS) is 11.8. The van der Waals surface area contributed by atoms with E-state index in [1.165, 1.54) is 65.6 Å². The summed E-state index contributed by atoms with van der Waals surface area (Å²) in [5.41, 5.74) is -0.400. The van der Waals surface area contributed by atoms with Crippen molar-refractivity contribution in [3.05, 3.63) is 0 Å². The standard InChI is InChI=1S/C16H33O4P/c1-4-5-6-7-8-9-10-11-12-13-14-15-16(17)21(18,19-2)20-3/h4-15H2,1-3H3. The molecule has 0 aliphatic heterocycles. The molecule has 0 rings (SSSR count). The smallest absolute Gasteiger partial charge is 0.307 e. The molecule has 0 aliphatic carbocycles. The molecule has 0 heterocycles. The summed E-state index contributed by atoms with van der Waals surface area (Å²) >= 11 is 0. The Morgan fingerprint density at radius 2 is 1.14 bits per heavy atom. The number of hydrogen-bond acceptors (Lipinski definition) is 4. The lowest BCUT2D eigenvalue weighted by Crippen LogP contribution is -2.03. The Kier molecular flexibility index (Phi) is 13.4. The minimum atomic E-state index is -3.49. The van der Waals surface area contributed by atoms with E-state index in [2.05, 4.69) is 16.0 Å². The molecule has 0 aromatic heterocycles. The Labute approximate surface area is 130 Å². The predicted molar refractivity (Wildman–Crippen MR) is 87.7 cm³/mol. The van der Waals surface area contributed by atoms with Crippen molar-refractivity contribution < 1.29 is 18.4 Å². The van der Waals surface area contributed by atoms with Crippen molar-refractivity contribution in [1.82, 2.24) is 0 Å². The van der Waals surface area contributed by atoms with Crippen LogP contribution in [-0.4, -0.2) is 19.7 Å². The molecule has 0 unspecified atom stereocenters. The largest absolute Gasteiger partial charge is 0.396 e. The van der Waals surface area contributed by atoms with Gasteiger partial charge in [-0.25, -0.2) is 0 Å². The van der Waals surface area contributed by atoms with Crippen molar-refractivity contribution in [2.24, 2.45) is 0 Å². The molecule has 0 radical (unpaired) electrons. The van der Waals surface area contributed by atoms with Crippen LogP contribution >= 0.6 is 7.60 Å². The lowest BCUT2D eigenvalue weighted by Gasteiger charge is -2.11. The zero-order valence-electron chi connectivity index (χ0n) is 14.1. The quantitative estimate of drug-likeness (QED) is 0.287. The van der Waals surface area contributed by atoms with Crippen LogP contribution in [0.3, 0.4) is 0 Å². The highest BCUT2D eigenvalue weighted by molar-refractivity contribution is 7.71. The summed E-state index contributed by atoms with van der Waals surface area (Å²) in [6.45, 7) is 2.24. The SMILES string of the molecule is CCCCCCCCCCCCCC(=O)P(=O)(OC)OC. The first-order chi connectivity index (χ1) is 10.1. The third-order valence-corrected chi connectivity index (χ3v) is 5.58. The molecule has 0 aromatic carbocycles. The fraction of sp³-hybridized carbons (Fsp3) is 0.938. The monoisotopic (exact) mass is 320 g/mol. The number of unbranched alkanes of at least 4 members (excludes halogenated alkanes) is 10. The third kappa shape index (κ3) is 10.2. The lowest BCUT2D eigenvalue weighted by molar-refractivity contribution is -0.113. The molecule has 0 aliphatic rings. The molecule has 0 atom stereocenters. The van der Waals surface area contributed by atoms with Crippen molar-refractivity contribution in [2.45, 2.75) is 84.0 Å². The summed E-state index contributed by atoms with van der Waals surface area (Å²) in [6.07, 6.45) is 13.8. The number of carbonyl (C=O) groups excluding carboxylic acids is 1. The summed E-state index contributed by atoms with van der Waals surface area (Å²) < 4.78 is 21.1. The second-order valence-electron chi connectivity index (χ2n) is 5.54. The zero-order chi connectivity index (χ0) is 16.0. The molecular formula is C16H33O4P. The van der Waals surface area contributed by atoms with Crippen molar-refractivity contribution in [2.75, 3.05) is 14.2 Å². The average molecular weight is 320 g/mol. The van der Waals surface area contributed by atoms with Gasteiger partial charge in [-0.15, -0.1) is 0 Å². The van der Waals surface area contributed by atoms with E-state index < -0.39 is 13.1 Å². The van der Waals surface area contributed by atoms with Crippen molar-refractivity contribution in [1.29, 1.82) is 0 Å². The molecule has 21 heavy (non-hydrogen) atoms. The van der Waals surface area contributed by atoms with Crippen LogP contribution in [0.25, 0.3) is 0 Å². The van der Waals surface area contributed by atoms with Gasteiger partial charge >= 0.3 is 7.60 Å². The fourth-order valence-electron chi connectivity index (χ4n) is 2.36. The van der Waals surface area contributed by atoms with Crippen LogP contribution in [0.15, 0.2) is 0 Å². The highest BCUT2D eigenvalue weighted by Gasteiger charge is 2.30. The molecule has 0 aromatic rings. The van der Waals surface area contributed by atoms with E-state index in [1.54, 1.807) is 0 Å². The van der Waals surface area contributed by atoms with Gasteiger partial charge < -0.3 is 9.05 Å². The molecule has 4 nitrogen and oxygen atoms in total. The molecule has 5 heteroatoms. The molecule has 0 spiro atoms. The van der Waals surface area contributed by atoms with Crippen molar-refractivity contribution >= 4 is 13.1 Å². The molecule has 0 fully saturated rings. The summed E-state index contributed by atoms with van der Waals surface area (Å²) in [5.74, 6) is 0. The summed E-state index contributed by atoms with van der Waals surface area (Å²) in [5, 5.41) is 0. The van der Waals surface area contributed by atoms with Crippen molar-refractivity contribution in [3.8, 4) is 0 Å². The van der Waals surface area contributed by atoms with E-state index in [0.29, 0.717) is 0 Å². The molecule has 0 saturated heterocycles. The first-order valence-corrected chi connectivity index (χ1v) is 9.90. The van der Waals surface area contributed by atoms with Crippen LogP contribution in [0.4, 0.5) is 0 Å². The maximum atomic E-state index is 11.8. The van der Waals surface area contributed by atoms with Crippen LogP contribution in [0, 0.1) is 0 Å². The van der Waals surface area contributed by atoms with E-state index in [0.717, 1.165) is 19.3 Å². The minimum Gasteiger partial charge on any atom is -0.307 e. The van der Waals surface area contributed by atoms with Crippen LogP contribution < -0.4 is 0 Å².